The normalized spacial score (nSPS) is 29.6. The largest absolute Gasteiger partial charge is 0.470 e. The fourth-order valence-corrected chi connectivity index (χ4v) is 5.65. The van der Waals surface area contributed by atoms with Crippen LogP contribution in [0.4, 0.5) is 0 Å². The van der Waals surface area contributed by atoms with E-state index in [-0.39, 0.29) is 33.4 Å². The van der Waals surface area contributed by atoms with E-state index in [1.165, 1.54) is 0 Å². The van der Waals surface area contributed by atoms with E-state index in [9.17, 15) is 9.59 Å². The molecular weight excluding hydrogens is 368 g/mol. The highest BCUT2D eigenvalue weighted by Crippen LogP contribution is 2.53. The van der Waals surface area contributed by atoms with Gasteiger partial charge in [0, 0.05) is 29.5 Å². The summed E-state index contributed by atoms with van der Waals surface area (Å²) in [4.78, 5) is 26.4. The van der Waals surface area contributed by atoms with Gasteiger partial charge in [-0.05, 0) is 33.8 Å². The van der Waals surface area contributed by atoms with Gasteiger partial charge in [-0.1, -0.05) is 18.2 Å². The van der Waals surface area contributed by atoms with Gasteiger partial charge in [0.15, 0.2) is 11.6 Å². The minimum absolute atomic E-state index is 0.0942. The summed E-state index contributed by atoms with van der Waals surface area (Å²) in [6.45, 7) is 8.62. The molecule has 4 rings (SSSR count). The third kappa shape index (κ3) is 3.25. The Morgan fingerprint density at radius 3 is 2.28 bits per heavy atom. The van der Waals surface area contributed by atoms with Crippen molar-refractivity contribution in [3.05, 3.63) is 29.8 Å². The Labute approximate surface area is 172 Å². The molecule has 2 saturated heterocycles. The number of para-hydroxylation sites is 1. The van der Waals surface area contributed by atoms with Crippen LogP contribution in [0.15, 0.2) is 24.3 Å². The predicted molar refractivity (Wildman–Crippen MR) is 110 cm³/mol. The van der Waals surface area contributed by atoms with E-state index in [4.69, 9.17) is 4.74 Å². The first-order valence-electron chi connectivity index (χ1n) is 10.3. The number of rotatable bonds is 1. The highest BCUT2D eigenvalue weighted by molar-refractivity contribution is 6.00. The second kappa shape index (κ2) is 6.03. The molecule has 29 heavy (non-hydrogen) atoms. The van der Waals surface area contributed by atoms with Crippen molar-refractivity contribution in [1.82, 2.24) is 15.8 Å². The van der Waals surface area contributed by atoms with Gasteiger partial charge in [-0.3, -0.25) is 14.7 Å². The maximum atomic E-state index is 13.3. The summed E-state index contributed by atoms with van der Waals surface area (Å²) in [6, 6.07) is 7.41. The standard InChI is InChI=1S/C22H32N4O3/c1-20(2)12-22(13-21(3,4)24-20)25-17(14-10-8-9-11-15(14)29-22)16(18(27)23-25)19(28)26(5,6)7/h8-11,16-17,24H,12-13H2,1-7H3/p+1. The molecule has 2 N–H and O–H groups in total. The van der Waals surface area contributed by atoms with Crippen molar-refractivity contribution in [2.24, 2.45) is 5.92 Å². The lowest BCUT2D eigenvalue weighted by molar-refractivity contribution is -0.793. The van der Waals surface area contributed by atoms with Crippen molar-refractivity contribution in [3.63, 3.8) is 0 Å². The molecule has 0 radical (unpaired) electrons. The summed E-state index contributed by atoms with van der Waals surface area (Å²) >= 11 is 0. The Bertz CT molecular complexity index is 855. The molecule has 1 aromatic carbocycles. The first-order chi connectivity index (χ1) is 13.2. The first-order valence-corrected chi connectivity index (χ1v) is 10.3. The van der Waals surface area contributed by atoms with Crippen LogP contribution in [0.3, 0.4) is 0 Å². The number of carbonyl (C=O) groups excluding carboxylic acids is 2. The second-order valence-corrected chi connectivity index (χ2v) is 11.0. The van der Waals surface area contributed by atoms with Crippen LogP contribution in [0.2, 0.25) is 0 Å². The summed E-state index contributed by atoms with van der Waals surface area (Å²) in [5, 5.41) is 5.63. The lowest BCUT2D eigenvalue weighted by atomic mass is 9.75. The van der Waals surface area contributed by atoms with Crippen LogP contribution in [0.25, 0.3) is 0 Å². The minimum atomic E-state index is -0.780. The average molecular weight is 402 g/mol. The third-order valence-corrected chi connectivity index (χ3v) is 6.12. The molecular formula is C22H33N4O3+. The quantitative estimate of drug-likeness (QED) is 0.556. The molecule has 158 valence electrons. The van der Waals surface area contributed by atoms with Gasteiger partial charge in [-0.25, -0.2) is 4.79 Å². The van der Waals surface area contributed by atoms with Crippen LogP contribution in [0, 0.1) is 5.92 Å². The average Bonchev–Trinajstić information content (AvgIpc) is 2.88. The number of hydrazine groups is 1. The van der Waals surface area contributed by atoms with Crippen LogP contribution < -0.4 is 15.5 Å². The van der Waals surface area contributed by atoms with Crippen LogP contribution in [0.5, 0.6) is 5.75 Å². The molecule has 1 aromatic rings. The van der Waals surface area contributed by atoms with E-state index in [0.29, 0.717) is 12.8 Å². The number of quaternary nitrogens is 1. The third-order valence-electron chi connectivity index (χ3n) is 6.12. The van der Waals surface area contributed by atoms with E-state index in [1.54, 1.807) is 0 Å². The zero-order valence-electron chi connectivity index (χ0n) is 18.5. The van der Waals surface area contributed by atoms with Crippen molar-refractivity contribution in [1.29, 1.82) is 0 Å². The Hall–Kier alpha value is -1.96. The zero-order valence-corrected chi connectivity index (χ0v) is 18.5. The highest BCUT2D eigenvalue weighted by Gasteiger charge is 2.64. The predicted octanol–water partition coefficient (Wildman–Crippen LogP) is 1.95. The summed E-state index contributed by atoms with van der Waals surface area (Å²) in [7, 11) is 5.45. The Morgan fingerprint density at radius 2 is 1.69 bits per heavy atom. The number of nitrogens with one attached hydrogen (secondary N) is 2. The Kier molecular flexibility index (Phi) is 4.22. The van der Waals surface area contributed by atoms with Crippen molar-refractivity contribution in [3.8, 4) is 5.75 Å². The molecule has 2 unspecified atom stereocenters. The van der Waals surface area contributed by atoms with Crippen LogP contribution in [0.1, 0.15) is 52.1 Å². The molecule has 7 heteroatoms. The number of hydrogen-bond acceptors (Lipinski definition) is 5. The van der Waals surface area contributed by atoms with Gasteiger partial charge in [0.05, 0.1) is 27.2 Å². The Morgan fingerprint density at radius 1 is 1.10 bits per heavy atom. The summed E-state index contributed by atoms with van der Waals surface area (Å²) in [6.07, 6.45) is 1.36. The molecule has 2 atom stereocenters. The monoisotopic (exact) mass is 401 g/mol. The molecule has 3 heterocycles. The summed E-state index contributed by atoms with van der Waals surface area (Å²) in [5.74, 6) is -0.368. The molecule has 1 spiro atoms. The second-order valence-electron chi connectivity index (χ2n) is 11.0. The van der Waals surface area contributed by atoms with E-state index >= 15 is 0 Å². The molecule has 2 fully saturated rings. The first kappa shape index (κ1) is 20.3. The van der Waals surface area contributed by atoms with E-state index in [2.05, 4.69) is 38.4 Å². The van der Waals surface area contributed by atoms with Crippen molar-refractivity contribution >= 4 is 11.8 Å². The molecule has 2 amide bonds. The molecule has 0 aromatic heterocycles. The van der Waals surface area contributed by atoms with Gasteiger partial charge in [0.2, 0.25) is 0 Å². The molecule has 0 aliphatic carbocycles. The maximum Gasteiger partial charge on any atom is 0.327 e. The van der Waals surface area contributed by atoms with E-state index in [1.807, 2.05) is 50.4 Å². The zero-order chi connectivity index (χ0) is 21.4. The number of nitrogens with zero attached hydrogens (tertiary/aromatic N) is 2. The lowest BCUT2D eigenvalue weighted by Gasteiger charge is -2.58. The summed E-state index contributed by atoms with van der Waals surface area (Å²) < 4.78 is 6.76. The number of benzene rings is 1. The van der Waals surface area contributed by atoms with Gasteiger partial charge in [0.1, 0.15) is 5.75 Å². The smallest absolute Gasteiger partial charge is 0.327 e. The number of carbonyl (C=O) groups is 2. The van der Waals surface area contributed by atoms with Gasteiger partial charge in [0.25, 0.3) is 5.91 Å². The Balaban J connectivity index is 1.88. The van der Waals surface area contributed by atoms with Crippen molar-refractivity contribution in [2.45, 2.75) is 63.4 Å². The van der Waals surface area contributed by atoms with Crippen LogP contribution in [-0.4, -0.2) is 59.3 Å². The number of fused-ring (bicyclic) bond motifs is 4. The number of ether oxygens (including phenoxy) is 1. The van der Waals surface area contributed by atoms with Gasteiger partial charge < -0.3 is 10.1 Å². The SMILES string of the molecule is CC1(C)CC2(CC(C)(C)N1)Oc1ccccc1C1C(C(=O)[N+](C)(C)C)C(=O)NN12. The van der Waals surface area contributed by atoms with E-state index < -0.39 is 11.6 Å². The fourth-order valence-electron chi connectivity index (χ4n) is 5.65. The number of hydrogen-bond donors (Lipinski definition) is 2. The van der Waals surface area contributed by atoms with Gasteiger partial charge in [-0.15, -0.1) is 0 Å². The summed E-state index contributed by atoms with van der Waals surface area (Å²) in [5.41, 5.74) is 2.80. The molecule has 0 saturated carbocycles. The molecule has 3 aliphatic heterocycles. The lowest BCUT2D eigenvalue weighted by Crippen LogP contribution is -2.72. The van der Waals surface area contributed by atoms with E-state index in [0.717, 1.165) is 11.3 Å². The van der Waals surface area contributed by atoms with Crippen molar-refractivity contribution < 1.29 is 18.8 Å². The highest BCUT2D eigenvalue weighted by atomic mass is 16.5. The number of amides is 2. The van der Waals surface area contributed by atoms with Gasteiger partial charge >= 0.3 is 5.91 Å². The molecule has 0 bridgehead atoms. The topological polar surface area (TPSA) is 70.7 Å². The van der Waals surface area contributed by atoms with Crippen LogP contribution in [-0.2, 0) is 9.59 Å². The molecule has 3 aliphatic rings. The maximum absolute atomic E-state index is 13.3. The molecule has 7 nitrogen and oxygen atoms in total. The number of piperidine rings is 1. The fraction of sp³-hybridized carbons (Fsp3) is 0.636. The minimum Gasteiger partial charge on any atom is -0.470 e. The van der Waals surface area contributed by atoms with Gasteiger partial charge in [-0.2, -0.15) is 5.01 Å². The van der Waals surface area contributed by atoms with Crippen molar-refractivity contribution in [2.75, 3.05) is 21.1 Å². The van der Waals surface area contributed by atoms with Crippen LogP contribution >= 0.6 is 0 Å².